The lowest BCUT2D eigenvalue weighted by molar-refractivity contribution is -0.115. The molecule has 1 aromatic carbocycles. The minimum atomic E-state index is -4.34. The second-order valence-corrected chi connectivity index (χ2v) is 7.85. The summed E-state index contributed by atoms with van der Waals surface area (Å²) in [5.74, 6) is -0.597. The Labute approximate surface area is 187 Å². The molecule has 3 heterocycles. The van der Waals surface area contributed by atoms with Crippen LogP contribution in [-0.2, 0) is 6.42 Å². The molecule has 0 fully saturated rings. The predicted molar refractivity (Wildman–Crippen MR) is 116 cm³/mol. The molecule has 0 atom stereocenters. The number of nitrogens with one attached hydrogen (secondary N) is 1. The Kier molecular flexibility index (Phi) is 5.92. The highest BCUT2D eigenvalue weighted by atomic mass is 19.4. The van der Waals surface area contributed by atoms with Crippen LogP contribution in [0.15, 0.2) is 47.2 Å². The maximum atomic E-state index is 12.9. The smallest absolute Gasteiger partial charge is 0.339 e. The van der Waals surface area contributed by atoms with Crippen molar-refractivity contribution in [2.45, 2.75) is 39.8 Å². The van der Waals surface area contributed by atoms with Crippen molar-refractivity contribution in [1.82, 2.24) is 19.5 Å². The van der Waals surface area contributed by atoms with E-state index >= 15 is 0 Å². The molecule has 1 radical (unpaired) electrons. The first kappa shape index (κ1) is 22.5. The third kappa shape index (κ3) is 4.89. The largest absolute Gasteiger partial charge is 0.395 e. The Morgan fingerprint density at radius 2 is 1.97 bits per heavy atom. The summed E-state index contributed by atoms with van der Waals surface area (Å²) < 4.78 is 44.8. The fourth-order valence-corrected chi connectivity index (χ4v) is 3.24. The monoisotopic (exact) mass is 456 g/mol. The molecule has 0 aliphatic heterocycles. The van der Waals surface area contributed by atoms with E-state index in [1.807, 2.05) is 26.0 Å². The van der Waals surface area contributed by atoms with E-state index in [0.717, 1.165) is 18.1 Å². The standard InChI is InChI=1S/C23H21F3N5O2/c1-13-8-9-31-18(12-27-19(31)10-13)22(32)28-17-11-16(6-4-14(17)2)21-29-20(33-30-21)7-5-15(3)23(24,25)26/h4,6,8-12H,5,7H2,1-3H3,(H,28,32). The van der Waals surface area contributed by atoms with Crippen molar-refractivity contribution in [2.75, 3.05) is 5.32 Å². The van der Waals surface area contributed by atoms with Gasteiger partial charge in [-0.3, -0.25) is 9.20 Å². The van der Waals surface area contributed by atoms with Crippen LogP contribution >= 0.6 is 0 Å². The summed E-state index contributed by atoms with van der Waals surface area (Å²) in [5.41, 5.74) is 4.02. The molecule has 1 amide bonds. The highest BCUT2D eigenvalue weighted by Gasteiger charge is 2.36. The molecule has 0 aliphatic rings. The number of amides is 1. The second kappa shape index (κ2) is 8.68. The molecule has 7 nitrogen and oxygen atoms in total. The summed E-state index contributed by atoms with van der Waals surface area (Å²) >= 11 is 0. The number of rotatable bonds is 6. The average Bonchev–Trinajstić information content (AvgIpc) is 3.39. The first-order valence-corrected chi connectivity index (χ1v) is 10.2. The van der Waals surface area contributed by atoms with Gasteiger partial charge >= 0.3 is 6.18 Å². The highest BCUT2D eigenvalue weighted by molar-refractivity contribution is 6.04. The van der Waals surface area contributed by atoms with E-state index < -0.39 is 12.1 Å². The van der Waals surface area contributed by atoms with Crippen LogP contribution in [0.25, 0.3) is 17.0 Å². The van der Waals surface area contributed by atoms with E-state index in [9.17, 15) is 18.0 Å². The van der Waals surface area contributed by atoms with Gasteiger partial charge < -0.3 is 9.84 Å². The Hall–Kier alpha value is -3.69. The predicted octanol–water partition coefficient (Wildman–Crippen LogP) is 5.34. The number of carbonyl (C=O) groups excluding carboxylic acids is 1. The minimum absolute atomic E-state index is 0.0123. The number of nitrogens with zero attached hydrogens (tertiary/aromatic N) is 4. The summed E-state index contributed by atoms with van der Waals surface area (Å²) in [5, 5.41) is 6.75. The second-order valence-electron chi connectivity index (χ2n) is 7.85. The molecule has 0 bridgehead atoms. The quantitative estimate of drug-likeness (QED) is 0.423. The summed E-state index contributed by atoms with van der Waals surface area (Å²) in [6.07, 6.45) is -1.28. The zero-order valence-electron chi connectivity index (χ0n) is 18.2. The van der Waals surface area contributed by atoms with Crippen LogP contribution in [0.4, 0.5) is 18.9 Å². The Balaban J connectivity index is 1.51. The van der Waals surface area contributed by atoms with E-state index in [-0.39, 0.29) is 30.5 Å². The van der Waals surface area contributed by atoms with E-state index in [4.69, 9.17) is 4.52 Å². The van der Waals surface area contributed by atoms with Crippen molar-refractivity contribution in [3.63, 3.8) is 0 Å². The Morgan fingerprint density at radius 3 is 2.73 bits per heavy atom. The van der Waals surface area contributed by atoms with Crippen LogP contribution < -0.4 is 5.32 Å². The van der Waals surface area contributed by atoms with E-state index in [1.54, 1.807) is 28.8 Å². The molecule has 171 valence electrons. The molecule has 3 aromatic heterocycles. The fourth-order valence-electron chi connectivity index (χ4n) is 3.24. The van der Waals surface area contributed by atoms with Crippen molar-refractivity contribution in [2.24, 2.45) is 0 Å². The van der Waals surface area contributed by atoms with E-state index in [1.165, 1.54) is 6.20 Å². The molecule has 33 heavy (non-hydrogen) atoms. The fraction of sp³-hybridized carbons (Fsp3) is 0.261. The van der Waals surface area contributed by atoms with Gasteiger partial charge in [-0.15, -0.1) is 0 Å². The SMILES string of the molecule is C[C](CCc1nc(-c2ccc(C)c(NC(=O)c3cnc4cc(C)ccn34)c2)no1)C(F)(F)F. The number of imidazole rings is 1. The van der Waals surface area contributed by atoms with Crippen LogP contribution in [0.2, 0.25) is 0 Å². The molecule has 4 aromatic rings. The normalized spacial score (nSPS) is 12.0. The van der Waals surface area contributed by atoms with Crippen LogP contribution in [0.1, 0.15) is 40.9 Å². The van der Waals surface area contributed by atoms with Gasteiger partial charge in [0.25, 0.3) is 5.91 Å². The van der Waals surface area contributed by atoms with Crippen molar-refractivity contribution < 1.29 is 22.5 Å². The zero-order valence-corrected chi connectivity index (χ0v) is 18.2. The van der Waals surface area contributed by atoms with E-state index in [2.05, 4.69) is 20.4 Å². The van der Waals surface area contributed by atoms with Crippen LogP contribution in [0.3, 0.4) is 0 Å². The summed E-state index contributed by atoms with van der Waals surface area (Å²) in [6.45, 7) is 4.83. The number of fused-ring (bicyclic) bond motifs is 1. The molecule has 10 heteroatoms. The van der Waals surface area contributed by atoms with Crippen molar-refractivity contribution in [1.29, 1.82) is 0 Å². The molecular weight excluding hydrogens is 435 g/mol. The lowest BCUT2D eigenvalue weighted by Gasteiger charge is -2.12. The number of aryl methyl sites for hydroxylation is 3. The molecule has 0 saturated carbocycles. The van der Waals surface area contributed by atoms with Gasteiger partial charge in [-0.05, 0) is 49.6 Å². The summed E-state index contributed by atoms with van der Waals surface area (Å²) in [4.78, 5) is 21.4. The van der Waals surface area contributed by atoms with Gasteiger partial charge in [0, 0.05) is 23.9 Å². The number of hydrogen-bond acceptors (Lipinski definition) is 5. The molecule has 1 N–H and O–H groups in total. The van der Waals surface area contributed by atoms with Gasteiger partial charge in [0.1, 0.15) is 11.3 Å². The van der Waals surface area contributed by atoms with Crippen LogP contribution in [0, 0.1) is 19.8 Å². The number of halogens is 3. The maximum absolute atomic E-state index is 12.9. The van der Waals surface area contributed by atoms with Crippen molar-refractivity contribution in [3.05, 3.63) is 71.4 Å². The van der Waals surface area contributed by atoms with Crippen molar-refractivity contribution >= 4 is 17.2 Å². The molecule has 0 spiro atoms. The molecule has 0 saturated heterocycles. The number of alkyl halides is 3. The third-order valence-corrected chi connectivity index (χ3v) is 5.31. The average molecular weight is 456 g/mol. The van der Waals surface area contributed by atoms with Crippen LogP contribution in [-0.4, -0.2) is 31.6 Å². The van der Waals surface area contributed by atoms with Crippen molar-refractivity contribution in [3.8, 4) is 11.4 Å². The third-order valence-electron chi connectivity index (χ3n) is 5.31. The minimum Gasteiger partial charge on any atom is -0.339 e. The summed E-state index contributed by atoms with van der Waals surface area (Å²) in [6, 6.07) is 9.01. The lowest BCUT2D eigenvalue weighted by Crippen LogP contribution is -2.18. The van der Waals surface area contributed by atoms with Gasteiger partial charge in [-0.2, -0.15) is 18.2 Å². The van der Waals surface area contributed by atoms with Gasteiger partial charge in [0.05, 0.1) is 12.1 Å². The molecule has 0 unspecified atom stereocenters. The first-order chi connectivity index (χ1) is 15.6. The number of hydrogen-bond donors (Lipinski definition) is 1. The number of benzene rings is 1. The lowest BCUT2D eigenvalue weighted by atomic mass is 10.1. The summed E-state index contributed by atoms with van der Waals surface area (Å²) in [7, 11) is 0. The number of pyridine rings is 1. The Bertz CT molecular complexity index is 1310. The van der Waals surface area contributed by atoms with Crippen LogP contribution in [0.5, 0.6) is 0 Å². The topological polar surface area (TPSA) is 85.3 Å². The van der Waals surface area contributed by atoms with Gasteiger partial charge in [-0.1, -0.05) is 24.2 Å². The maximum Gasteiger partial charge on any atom is 0.395 e. The number of anilines is 1. The highest BCUT2D eigenvalue weighted by Crippen LogP contribution is 2.31. The van der Waals surface area contributed by atoms with Gasteiger partial charge in [-0.25, -0.2) is 4.98 Å². The Morgan fingerprint density at radius 1 is 1.18 bits per heavy atom. The van der Waals surface area contributed by atoms with E-state index in [0.29, 0.717) is 22.6 Å². The number of aromatic nitrogens is 4. The molecular formula is C23H21F3N5O2. The first-order valence-electron chi connectivity index (χ1n) is 10.2. The van der Waals surface area contributed by atoms with Gasteiger partial charge in [0.15, 0.2) is 0 Å². The van der Waals surface area contributed by atoms with Gasteiger partial charge in [0.2, 0.25) is 11.7 Å². The number of carbonyl (C=O) groups is 1. The molecule has 0 aliphatic carbocycles. The zero-order chi connectivity index (χ0) is 23.8. The molecule has 4 rings (SSSR count).